The summed E-state index contributed by atoms with van der Waals surface area (Å²) in [6.07, 6.45) is 3.97. The Morgan fingerprint density at radius 2 is 1.45 bits per heavy atom. The molecule has 10 nitrogen and oxygen atoms in total. The fourth-order valence-electron chi connectivity index (χ4n) is 7.20. The molecule has 2 aliphatic rings. The second kappa shape index (κ2) is 15.7. The first-order chi connectivity index (χ1) is 23.6. The lowest BCUT2D eigenvalue weighted by molar-refractivity contribution is -0.151. The first kappa shape index (κ1) is 35.6. The molecule has 3 amide bonds. The standard InChI is InChI=1S/C39H47N3O7/c1-5-25-14-8-10-16-28(25)40-37(45)35-30(43)23-39(3,47)36(38(46)41-29-17-11-9-15-26(29)6-2)34(35)27-18-19-31(32(22-27)48-4)49-24-33(44)42-20-12-7-13-21-42/h8-11,14-19,22,34-36,47H,5-7,12-13,20-21,23-24H2,1-4H3,(H,40,45)(H,41,46). The van der Waals surface area contributed by atoms with E-state index in [1.165, 1.54) is 14.0 Å². The van der Waals surface area contributed by atoms with Crippen LogP contribution in [0.25, 0.3) is 0 Å². The fraction of sp³-hybridized carbons (Fsp3) is 0.436. The highest BCUT2D eigenvalue weighted by molar-refractivity contribution is 6.10. The number of amides is 3. The number of rotatable bonds is 11. The number of benzene rings is 3. The van der Waals surface area contributed by atoms with E-state index in [1.807, 2.05) is 44.2 Å². The van der Waals surface area contributed by atoms with Crippen molar-refractivity contribution in [2.45, 2.75) is 70.8 Å². The SMILES string of the molecule is CCc1ccccc1NC(=O)C1C(=O)CC(C)(O)C(C(=O)Nc2ccccc2CC)C1c1ccc(OCC(=O)N2CCCCC2)c(OC)c1. The number of carbonyl (C=O) groups excluding carboxylic acids is 4. The van der Waals surface area contributed by atoms with Gasteiger partial charge in [0, 0.05) is 36.8 Å². The van der Waals surface area contributed by atoms with Crippen LogP contribution < -0.4 is 20.1 Å². The van der Waals surface area contributed by atoms with Crippen molar-refractivity contribution in [3.63, 3.8) is 0 Å². The van der Waals surface area contributed by atoms with Gasteiger partial charge in [-0.05, 0) is 80.0 Å². The molecule has 3 N–H and O–H groups in total. The summed E-state index contributed by atoms with van der Waals surface area (Å²) in [6, 6.07) is 19.7. The summed E-state index contributed by atoms with van der Waals surface area (Å²) in [4.78, 5) is 57.0. The van der Waals surface area contributed by atoms with Gasteiger partial charge in [-0.15, -0.1) is 0 Å². The summed E-state index contributed by atoms with van der Waals surface area (Å²) in [5.41, 5.74) is 1.64. The number of hydrogen-bond acceptors (Lipinski definition) is 7. The predicted octanol–water partition coefficient (Wildman–Crippen LogP) is 5.53. The third kappa shape index (κ3) is 7.96. The highest BCUT2D eigenvalue weighted by atomic mass is 16.5. The van der Waals surface area contributed by atoms with E-state index in [1.54, 1.807) is 41.3 Å². The topological polar surface area (TPSA) is 134 Å². The monoisotopic (exact) mass is 669 g/mol. The zero-order valence-electron chi connectivity index (χ0n) is 28.8. The van der Waals surface area contributed by atoms with Crippen LogP contribution in [-0.2, 0) is 32.0 Å². The molecule has 0 spiro atoms. The Labute approximate surface area is 288 Å². The number of ketones is 1. The average molecular weight is 670 g/mol. The van der Waals surface area contributed by atoms with Crippen LogP contribution in [0.4, 0.5) is 11.4 Å². The van der Waals surface area contributed by atoms with Crippen molar-refractivity contribution in [1.29, 1.82) is 0 Å². The molecule has 10 heteroatoms. The molecule has 0 radical (unpaired) electrons. The number of methoxy groups -OCH3 is 1. The zero-order chi connectivity index (χ0) is 35.1. The molecule has 4 unspecified atom stereocenters. The normalized spacial score (nSPS) is 22.3. The Balaban J connectivity index is 1.53. The lowest BCUT2D eigenvalue weighted by atomic mass is 9.61. The Morgan fingerprint density at radius 3 is 2.04 bits per heavy atom. The van der Waals surface area contributed by atoms with E-state index < -0.39 is 41.0 Å². The number of piperidine rings is 1. The van der Waals surface area contributed by atoms with Crippen LogP contribution in [0.2, 0.25) is 0 Å². The molecule has 1 aliphatic carbocycles. The van der Waals surface area contributed by atoms with Crippen LogP contribution >= 0.6 is 0 Å². The van der Waals surface area contributed by atoms with Crippen LogP contribution in [0.1, 0.15) is 69.1 Å². The van der Waals surface area contributed by atoms with Crippen molar-refractivity contribution >= 4 is 34.9 Å². The molecule has 5 rings (SSSR count). The van der Waals surface area contributed by atoms with E-state index in [2.05, 4.69) is 10.6 Å². The number of para-hydroxylation sites is 2. The van der Waals surface area contributed by atoms with Crippen molar-refractivity contribution in [3.8, 4) is 11.5 Å². The van der Waals surface area contributed by atoms with Gasteiger partial charge < -0.3 is 30.1 Å². The van der Waals surface area contributed by atoms with Gasteiger partial charge in [-0.25, -0.2) is 0 Å². The Kier molecular flexibility index (Phi) is 11.4. The summed E-state index contributed by atoms with van der Waals surface area (Å²) < 4.78 is 11.6. The van der Waals surface area contributed by atoms with Gasteiger partial charge in [-0.1, -0.05) is 56.3 Å². The minimum atomic E-state index is -1.78. The summed E-state index contributed by atoms with van der Waals surface area (Å²) in [7, 11) is 1.46. The molecule has 49 heavy (non-hydrogen) atoms. The highest BCUT2D eigenvalue weighted by Gasteiger charge is 2.56. The molecule has 1 saturated carbocycles. The van der Waals surface area contributed by atoms with Gasteiger partial charge in [-0.3, -0.25) is 19.2 Å². The van der Waals surface area contributed by atoms with E-state index in [0.717, 1.165) is 30.4 Å². The summed E-state index contributed by atoms with van der Waals surface area (Å²) in [6.45, 7) is 6.65. The van der Waals surface area contributed by atoms with Crippen molar-refractivity contribution in [3.05, 3.63) is 83.4 Å². The third-order valence-corrected chi connectivity index (χ3v) is 9.78. The smallest absolute Gasteiger partial charge is 0.260 e. The third-order valence-electron chi connectivity index (χ3n) is 9.78. The lowest BCUT2D eigenvalue weighted by Gasteiger charge is -2.44. The molecule has 0 bridgehead atoms. The molecular weight excluding hydrogens is 622 g/mol. The Hall–Kier alpha value is -4.70. The number of aryl methyl sites for hydroxylation is 2. The summed E-state index contributed by atoms with van der Waals surface area (Å²) >= 11 is 0. The van der Waals surface area contributed by atoms with Crippen LogP contribution in [0.3, 0.4) is 0 Å². The highest BCUT2D eigenvalue weighted by Crippen LogP contribution is 2.48. The summed E-state index contributed by atoms with van der Waals surface area (Å²) in [5, 5.41) is 17.8. The van der Waals surface area contributed by atoms with E-state index >= 15 is 0 Å². The number of nitrogens with one attached hydrogen (secondary N) is 2. The second-order valence-electron chi connectivity index (χ2n) is 13.1. The van der Waals surface area contributed by atoms with Crippen molar-refractivity contribution < 1.29 is 33.8 Å². The van der Waals surface area contributed by atoms with E-state index in [-0.39, 0.29) is 24.7 Å². The number of nitrogens with zero attached hydrogens (tertiary/aromatic N) is 1. The minimum Gasteiger partial charge on any atom is -0.493 e. The van der Waals surface area contributed by atoms with E-state index in [4.69, 9.17) is 9.47 Å². The minimum absolute atomic E-state index is 0.118. The van der Waals surface area contributed by atoms with Crippen LogP contribution in [0.15, 0.2) is 66.7 Å². The van der Waals surface area contributed by atoms with Gasteiger partial charge in [0.25, 0.3) is 5.91 Å². The number of ether oxygens (including phenoxy) is 2. The molecular formula is C39H47N3O7. The van der Waals surface area contributed by atoms with Crippen LogP contribution in [-0.4, -0.2) is 65.9 Å². The average Bonchev–Trinajstić information content (AvgIpc) is 3.10. The molecule has 3 aromatic carbocycles. The van der Waals surface area contributed by atoms with Crippen molar-refractivity contribution in [2.75, 3.05) is 37.4 Å². The molecule has 3 aromatic rings. The van der Waals surface area contributed by atoms with Crippen LogP contribution in [0.5, 0.6) is 11.5 Å². The molecule has 1 heterocycles. The first-order valence-electron chi connectivity index (χ1n) is 17.2. The maximum atomic E-state index is 14.3. The van der Waals surface area contributed by atoms with E-state index in [0.29, 0.717) is 48.6 Å². The lowest BCUT2D eigenvalue weighted by Crippen LogP contribution is -2.56. The molecule has 260 valence electrons. The first-order valence-corrected chi connectivity index (χ1v) is 17.2. The number of hydrogen-bond donors (Lipinski definition) is 3. The molecule has 1 aliphatic heterocycles. The Bertz CT molecular complexity index is 1680. The van der Waals surface area contributed by atoms with E-state index in [9.17, 15) is 24.3 Å². The number of Topliss-reactive ketones (excluding diaryl/α,β-unsaturated/α-hetero) is 1. The molecule has 0 aromatic heterocycles. The van der Waals surface area contributed by atoms with Gasteiger partial charge in [0.1, 0.15) is 11.7 Å². The Morgan fingerprint density at radius 1 is 0.857 bits per heavy atom. The van der Waals surface area contributed by atoms with Crippen LogP contribution in [0, 0.1) is 11.8 Å². The molecule has 4 atom stereocenters. The summed E-state index contributed by atoms with van der Waals surface area (Å²) in [5.74, 6) is -4.68. The maximum absolute atomic E-state index is 14.3. The van der Waals surface area contributed by atoms with Gasteiger partial charge in [0.15, 0.2) is 18.1 Å². The predicted molar refractivity (Wildman–Crippen MR) is 188 cm³/mol. The molecule has 2 fully saturated rings. The van der Waals surface area contributed by atoms with Gasteiger partial charge in [0.05, 0.1) is 18.6 Å². The van der Waals surface area contributed by atoms with Gasteiger partial charge in [0.2, 0.25) is 11.8 Å². The number of aliphatic hydroxyl groups is 1. The maximum Gasteiger partial charge on any atom is 0.260 e. The van der Waals surface area contributed by atoms with Crippen molar-refractivity contribution in [1.82, 2.24) is 4.90 Å². The largest absolute Gasteiger partial charge is 0.493 e. The van der Waals surface area contributed by atoms with Gasteiger partial charge in [-0.2, -0.15) is 0 Å². The zero-order valence-corrected chi connectivity index (χ0v) is 28.8. The van der Waals surface area contributed by atoms with Gasteiger partial charge >= 0.3 is 0 Å². The quantitative estimate of drug-likeness (QED) is 0.229. The van der Waals surface area contributed by atoms with Crippen molar-refractivity contribution in [2.24, 2.45) is 11.8 Å². The number of anilines is 2. The second-order valence-corrected chi connectivity index (χ2v) is 13.1. The number of carbonyl (C=O) groups is 4. The molecule has 1 saturated heterocycles. The fourth-order valence-corrected chi connectivity index (χ4v) is 7.20. The number of likely N-dealkylation sites (tertiary alicyclic amines) is 1.